The summed E-state index contributed by atoms with van der Waals surface area (Å²) in [4.78, 5) is 24.7. The number of nitrogens with zero attached hydrogens (tertiary/aromatic N) is 1. The minimum absolute atomic E-state index is 0.000632. The lowest BCUT2D eigenvalue weighted by atomic mass is 10.1. The van der Waals surface area contributed by atoms with Crippen LogP contribution in [0.1, 0.15) is 12.5 Å². The molecule has 0 aliphatic heterocycles. The summed E-state index contributed by atoms with van der Waals surface area (Å²) < 4.78 is 0. The number of carbonyl (C=O) groups excluding carboxylic acids is 2. The first-order valence-electron chi connectivity index (χ1n) is 4.96. The van der Waals surface area contributed by atoms with Crippen LogP contribution in [0.2, 0.25) is 0 Å². The van der Waals surface area contributed by atoms with Crippen LogP contribution in [-0.2, 0) is 11.2 Å². The Balaban J connectivity index is 2.64. The van der Waals surface area contributed by atoms with E-state index in [-0.39, 0.29) is 11.0 Å². The number of benzene rings is 1. The van der Waals surface area contributed by atoms with E-state index in [0.29, 0.717) is 6.42 Å². The van der Waals surface area contributed by atoms with Crippen LogP contribution in [-0.4, -0.2) is 30.0 Å². The molecule has 1 amide bonds. The maximum atomic E-state index is 11.4. The van der Waals surface area contributed by atoms with E-state index in [0.717, 1.165) is 10.5 Å². The summed E-state index contributed by atoms with van der Waals surface area (Å²) in [6.45, 7) is 1.57. The fraction of sp³-hybridized carbons (Fsp3) is 0.333. The molecule has 0 aliphatic carbocycles. The number of thioether (sulfide) groups is 1. The summed E-state index contributed by atoms with van der Waals surface area (Å²) in [7, 11) is 3.44. The minimum atomic E-state index is -0.000632. The van der Waals surface area contributed by atoms with Crippen molar-refractivity contribution >= 4 is 22.8 Å². The Bertz CT molecular complexity index is 385. The summed E-state index contributed by atoms with van der Waals surface area (Å²) in [5, 5.41) is -0.000632. The Morgan fingerprint density at radius 3 is 2.19 bits per heavy atom. The minimum Gasteiger partial charge on any atom is -0.339 e. The lowest BCUT2D eigenvalue weighted by Gasteiger charge is -2.09. The zero-order valence-electron chi connectivity index (χ0n) is 9.69. The van der Waals surface area contributed by atoms with E-state index in [1.54, 1.807) is 21.0 Å². The van der Waals surface area contributed by atoms with Crippen LogP contribution < -0.4 is 0 Å². The second-order valence-corrected chi connectivity index (χ2v) is 4.81. The van der Waals surface area contributed by atoms with Gasteiger partial charge in [-0.05, 0) is 36.4 Å². The highest BCUT2D eigenvalue weighted by Gasteiger charge is 2.06. The zero-order chi connectivity index (χ0) is 12.1. The van der Waals surface area contributed by atoms with Gasteiger partial charge in [-0.15, -0.1) is 0 Å². The van der Waals surface area contributed by atoms with Gasteiger partial charge < -0.3 is 4.90 Å². The maximum absolute atomic E-state index is 11.4. The average Bonchev–Trinajstić information content (AvgIpc) is 2.20. The van der Waals surface area contributed by atoms with E-state index in [9.17, 15) is 9.59 Å². The molecular weight excluding hydrogens is 222 g/mol. The number of amides is 1. The van der Waals surface area contributed by atoms with Crippen molar-refractivity contribution in [1.82, 2.24) is 4.90 Å². The molecule has 0 radical (unpaired) electrons. The van der Waals surface area contributed by atoms with Gasteiger partial charge in [0.15, 0.2) is 0 Å². The van der Waals surface area contributed by atoms with Crippen molar-refractivity contribution in [2.45, 2.75) is 18.2 Å². The highest BCUT2D eigenvalue weighted by Crippen LogP contribution is 2.20. The van der Waals surface area contributed by atoms with Crippen LogP contribution in [0.4, 0.5) is 4.79 Å². The summed E-state index contributed by atoms with van der Waals surface area (Å²) in [5.74, 6) is 0.143. The molecule has 1 aromatic rings. The van der Waals surface area contributed by atoms with Gasteiger partial charge in [0.1, 0.15) is 5.78 Å². The van der Waals surface area contributed by atoms with Crippen molar-refractivity contribution in [3.8, 4) is 0 Å². The van der Waals surface area contributed by atoms with E-state index >= 15 is 0 Å². The number of Topliss-reactive ketones (excluding diaryl/α,β-unsaturated/α-hetero) is 1. The average molecular weight is 237 g/mol. The molecule has 4 heteroatoms. The van der Waals surface area contributed by atoms with Crippen molar-refractivity contribution in [2.24, 2.45) is 0 Å². The Morgan fingerprint density at radius 2 is 1.75 bits per heavy atom. The van der Waals surface area contributed by atoms with Crippen LogP contribution in [0.5, 0.6) is 0 Å². The summed E-state index contributed by atoms with van der Waals surface area (Å²) in [6, 6.07) is 7.49. The summed E-state index contributed by atoms with van der Waals surface area (Å²) >= 11 is 1.18. The Hall–Kier alpha value is -1.29. The van der Waals surface area contributed by atoms with Gasteiger partial charge in [-0.25, -0.2) is 0 Å². The van der Waals surface area contributed by atoms with Crippen LogP contribution in [0.25, 0.3) is 0 Å². The third kappa shape index (κ3) is 4.06. The van der Waals surface area contributed by atoms with E-state index in [1.165, 1.54) is 16.7 Å². The highest BCUT2D eigenvalue weighted by atomic mass is 32.2. The molecule has 0 atom stereocenters. The standard InChI is InChI=1S/C12H15NO2S/c1-9(14)8-10-4-6-11(7-5-10)16-12(15)13(2)3/h4-7H,8H2,1-3H3. The number of rotatable bonds is 3. The molecule has 0 aliphatic rings. The van der Waals surface area contributed by atoms with Crippen LogP contribution in [0.15, 0.2) is 29.2 Å². The number of carbonyl (C=O) groups is 2. The first-order valence-corrected chi connectivity index (χ1v) is 5.78. The summed E-state index contributed by atoms with van der Waals surface area (Å²) in [5.41, 5.74) is 0.981. The first kappa shape index (κ1) is 12.8. The topological polar surface area (TPSA) is 37.4 Å². The first-order chi connectivity index (χ1) is 7.49. The molecule has 1 rings (SSSR count). The van der Waals surface area contributed by atoms with Crippen molar-refractivity contribution in [3.63, 3.8) is 0 Å². The largest absolute Gasteiger partial charge is 0.339 e. The molecule has 1 aromatic carbocycles. The predicted octanol–water partition coefficient (Wildman–Crippen LogP) is 2.59. The maximum Gasteiger partial charge on any atom is 0.285 e. The van der Waals surface area contributed by atoms with Crippen molar-refractivity contribution in [2.75, 3.05) is 14.1 Å². The molecule has 0 unspecified atom stereocenters. The van der Waals surface area contributed by atoms with Gasteiger partial charge >= 0.3 is 0 Å². The lowest BCUT2D eigenvalue weighted by Crippen LogP contribution is -2.15. The quantitative estimate of drug-likeness (QED) is 0.758. The zero-order valence-corrected chi connectivity index (χ0v) is 10.5. The third-order valence-corrected chi connectivity index (χ3v) is 2.99. The number of hydrogen-bond donors (Lipinski definition) is 0. The molecule has 0 saturated carbocycles. The normalized spacial score (nSPS) is 9.94. The Kier molecular flexibility index (Phi) is 4.55. The molecule has 0 heterocycles. The molecule has 16 heavy (non-hydrogen) atoms. The van der Waals surface area contributed by atoms with Crippen molar-refractivity contribution in [1.29, 1.82) is 0 Å². The van der Waals surface area contributed by atoms with Gasteiger partial charge in [-0.3, -0.25) is 9.59 Å². The number of ketones is 1. The summed E-state index contributed by atoms with van der Waals surface area (Å²) in [6.07, 6.45) is 0.451. The molecule has 0 saturated heterocycles. The highest BCUT2D eigenvalue weighted by molar-refractivity contribution is 8.13. The molecule has 3 nitrogen and oxygen atoms in total. The van der Waals surface area contributed by atoms with Crippen molar-refractivity contribution < 1.29 is 9.59 Å². The van der Waals surface area contributed by atoms with E-state index < -0.39 is 0 Å². The fourth-order valence-corrected chi connectivity index (χ4v) is 1.81. The Labute approximate surface area is 99.8 Å². The van der Waals surface area contributed by atoms with Gasteiger partial charge in [0, 0.05) is 25.4 Å². The van der Waals surface area contributed by atoms with Crippen LogP contribution in [0, 0.1) is 0 Å². The van der Waals surface area contributed by atoms with E-state index in [1.807, 2.05) is 24.3 Å². The molecule has 86 valence electrons. The second kappa shape index (κ2) is 5.70. The van der Waals surface area contributed by atoms with Crippen LogP contribution >= 0.6 is 11.8 Å². The SMILES string of the molecule is CC(=O)Cc1ccc(SC(=O)N(C)C)cc1. The second-order valence-electron chi connectivity index (χ2n) is 3.79. The predicted molar refractivity (Wildman–Crippen MR) is 65.8 cm³/mol. The molecule has 0 fully saturated rings. The van der Waals surface area contributed by atoms with Gasteiger partial charge in [0.2, 0.25) is 0 Å². The number of hydrogen-bond acceptors (Lipinski definition) is 3. The van der Waals surface area contributed by atoms with Gasteiger partial charge in [0.25, 0.3) is 5.24 Å². The molecule has 0 spiro atoms. The molecular formula is C12H15NO2S. The van der Waals surface area contributed by atoms with Gasteiger partial charge in [0.05, 0.1) is 0 Å². The van der Waals surface area contributed by atoms with Crippen molar-refractivity contribution in [3.05, 3.63) is 29.8 Å². The molecule has 0 bridgehead atoms. The molecule has 0 aromatic heterocycles. The van der Waals surface area contributed by atoms with E-state index in [4.69, 9.17) is 0 Å². The fourth-order valence-electron chi connectivity index (χ4n) is 1.15. The van der Waals surface area contributed by atoms with Crippen LogP contribution in [0.3, 0.4) is 0 Å². The lowest BCUT2D eigenvalue weighted by molar-refractivity contribution is -0.116. The third-order valence-electron chi connectivity index (χ3n) is 1.95. The Morgan fingerprint density at radius 1 is 1.19 bits per heavy atom. The monoisotopic (exact) mass is 237 g/mol. The molecule has 0 N–H and O–H groups in total. The van der Waals surface area contributed by atoms with Gasteiger partial charge in [-0.1, -0.05) is 12.1 Å². The van der Waals surface area contributed by atoms with Gasteiger partial charge in [-0.2, -0.15) is 0 Å². The smallest absolute Gasteiger partial charge is 0.285 e. The van der Waals surface area contributed by atoms with E-state index in [2.05, 4.69) is 0 Å².